The van der Waals surface area contributed by atoms with Crippen LogP contribution < -0.4 is 14.2 Å². The average Bonchev–Trinajstić information content (AvgIpc) is 2.20. The zero-order valence-corrected chi connectivity index (χ0v) is 10.2. The third-order valence-corrected chi connectivity index (χ3v) is 2.45. The van der Waals surface area contributed by atoms with Crippen LogP contribution >= 0.6 is 22.6 Å². The van der Waals surface area contributed by atoms with Crippen LogP contribution in [0.1, 0.15) is 0 Å². The number of halogens is 3. The molecular weight excluding hydrogens is 321 g/mol. The highest BCUT2D eigenvalue weighted by Gasteiger charge is 2.15. The number of ether oxygens (including phenoxy) is 3. The van der Waals surface area contributed by atoms with Crippen LogP contribution in [0, 0.1) is 3.57 Å². The molecule has 6 heteroatoms. The highest BCUT2D eigenvalue weighted by Crippen LogP contribution is 2.37. The van der Waals surface area contributed by atoms with Crippen molar-refractivity contribution in [1.29, 1.82) is 0 Å². The number of hydrogen-bond donors (Lipinski definition) is 0. The van der Waals surface area contributed by atoms with Gasteiger partial charge in [-0.2, -0.15) is 8.78 Å². The van der Waals surface area contributed by atoms with E-state index in [1.807, 2.05) is 22.6 Å². The van der Waals surface area contributed by atoms with Gasteiger partial charge < -0.3 is 14.2 Å². The zero-order chi connectivity index (χ0) is 11.4. The van der Waals surface area contributed by atoms with E-state index in [0.717, 1.165) is 0 Å². The summed E-state index contributed by atoms with van der Waals surface area (Å²) < 4.78 is 38.9. The molecule has 0 fully saturated rings. The second-order valence-electron chi connectivity index (χ2n) is 2.52. The van der Waals surface area contributed by atoms with Gasteiger partial charge in [0.15, 0.2) is 11.5 Å². The van der Waals surface area contributed by atoms with Gasteiger partial charge in [0.2, 0.25) is 0 Å². The lowest BCUT2D eigenvalue weighted by Crippen LogP contribution is -2.05. The van der Waals surface area contributed by atoms with E-state index >= 15 is 0 Å². The van der Waals surface area contributed by atoms with Crippen molar-refractivity contribution in [2.24, 2.45) is 0 Å². The van der Waals surface area contributed by atoms with Crippen molar-refractivity contribution < 1.29 is 23.0 Å². The van der Waals surface area contributed by atoms with Crippen molar-refractivity contribution in [3.63, 3.8) is 0 Å². The molecule has 0 aliphatic carbocycles. The molecule has 0 aliphatic heterocycles. The molecule has 0 radical (unpaired) electrons. The lowest BCUT2D eigenvalue weighted by molar-refractivity contribution is -0.0518. The lowest BCUT2D eigenvalue weighted by atomic mass is 10.3. The third kappa shape index (κ3) is 3.08. The van der Waals surface area contributed by atoms with Gasteiger partial charge in [0.25, 0.3) is 0 Å². The normalized spacial score (nSPS) is 10.3. The van der Waals surface area contributed by atoms with Crippen molar-refractivity contribution in [1.82, 2.24) is 0 Å². The number of hydrogen-bond acceptors (Lipinski definition) is 3. The van der Waals surface area contributed by atoms with Crippen LogP contribution in [0.4, 0.5) is 8.78 Å². The maximum Gasteiger partial charge on any atom is 0.387 e. The van der Waals surface area contributed by atoms with E-state index in [0.29, 0.717) is 9.32 Å². The first kappa shape index (κ1) is 12.3. The predicted molar refractivity (Wildman–Crippen MR) is 58.9 cm³/mol. The first-order valence-electron chi connectivity index (χ1n) is 3.94. The Hall–Kier alpha value is -0.790. The van der Waals surface area contributed by atoms with Crippen molar-refractivity contribution >= 4 is 22.6 Å². The second kappa shape index (κ2) is 5.34. The molecule has 84 valence electrons. The summed E-state index contributed by atoms with van der Waals surface area (Å²) in [7, 11) is 2.86. The second-order valence-corrected chi connectivity index (χ2v) is 3.68. The molecule has 0 saturated heterocycles. The molecule has 3 nitrogen and oxygen atoms in total. The highest BCUT2D eigenvalue weighted by molar-refractivity contribution is 14.1. The van der Waals surface area contributed by atoms with Gasteiger partial charge >= 0.3 is 6.61 Å². The van der Waals surface area contributed by atoms with Crippen molar-refractivity contribution in [2.45, 2.75) is 6.61 Å². The van der Waals surface area contributed by atoms with Crippen LogP contribution in [0.25, 0.3) is 0 Å². The molecule has 0 amide bonds. The van der Waals surface area contributed by atoms with Crippen LogP contribution in [0.15, 0.2) is 12.1 Å². The van der Waals surface area contributed by atoms with E-state index in [-0.39, 0.29) is 11.5 Å². The summed E-state index contributed by atoms with van der Waals surface area (Å²) >= 11 is 1.87. The molecule has 1 aromatic carbocycles. The van der Waals surface area contributed by atoms with Gasteiger partial charge in [0.1, 0.15) is 5.75 Å². The average molecular weight is 330 g/mol. The fourth-order valence-corrected chi connectivity index (χ4v) is 1.72. The smallest absolute Gasteiger partial charge is 0.387 e. The predicted octanol–water partition coefficient (Wildman–Crippen LogP) is 2.91. The summed E-state index contributed by atoms with van der Waals surface area (Å²) in [4.78, 5) is 0. The summed E-state index contributed by atoms with van der Waals surface area (Å²) in [5, 5.41) is 0. The highest BCUT2D eigenvalue weighted by atomic mass is 127. The number of methoxy groups -OCH3 is 2. The molecule has 1 rings (SSSR count). The molecule has 1 aromatic rings. The van der Waals surface area contributed by atoms with Gasteiger partial charge in [-0.3, -0.25) is 0 Å². The van der Waals surface area contributed by atoms with Crippen LogP contribution in [0.3, 0.4) is 0 Å². The quantitative estimate of drug-likeness (QED) is 0.795. The summed E-state index contributed by atoms with van der Waals surface area (Å²) in [6.45, 7) is -2.87. The fourth-order valence-electron chi connectivity index (χ4n) is 1.02. The van der Waals surface area contributed by atoms with Gasteiger partial charge in [-0.25, -0.2) is 0 Å². The maximum absolute atomic E-state index is 12.1. The van der Waals surface area contributed by atoms with E-state index < -0.39 is 6.61 Å². The molecule has 0 aliphatic rings. The molecular formula is C9H9F2IO3. The molecule has 15 heavy (non-hydrogen) atoms. The first-order valence-corrected chi connectivity index (χ1v) is 5.02. The van der Waals surface area contributed by atoms with Crippen molar-refractivity contribution in [2.75, 3.05) is 14.2 Å². The molecule has 0 N–H and O–H groups in total. The number of benzene rings is 1. The minimum absolute atomic E-state index is 0.0221. The minimum Gasteiger partial charge on any atom is -0.497 e. The summed E-state index contributed by atoms with van der Waals surface area (Å²) in [6, 6.07) is 3.07. The van der Waals surface area contributed by atoms with E-state index in [9.17, 15) is 8.78 Å². The molecule has 0 atom stereocenters. The number of rotatable bonds is 4. The Kier molecular flexibility index (Phi) is 4.37. The Morgan fingerprint density at radius 2 is 1.87 bits per heavy atom. The molecule has 0 unspecified atom stereocenters. The van der Waals surface area contributed by atoms with Crippen molar-refractivity contribution in [3.05, 3.63) is 15.7 Å². The summed E-state index contributed by atoms with van der Waals surface area (Å²) in [5.74, 6) is 0.769. The van der Waals surface area contributed by atoms with Crippen LogP contribution in [0.5, 0.6) is 17.2 Å². The molecule has 0 bridgehead atoms. The van der Waals surface area contributed by atoms with Gasteiger partial charge in [-0.1, -0.05) is 0 Å². The monoisotopic (exact) mass is 330 g/mol. The lowest BCUT2D eigenvalue weighted by Gasteiger charge is -2.12. The Bertz CT molecular complexity index is 344. The van der Waals surface area contributed by atoms with Gasteiger partial charge in [-0.05, 0) is 28.7 Å². The topological polar surface area (TPSA) is 27.7 Å². The standard InChI is InChI=1S/C9H9F2IO3/c1-13-5-3-6(12)8(15-9(10)11)7(4-5)14-2/h3-4,9H,1-2H3. The van der Waals surface area contributed by atoms with Gasteiger partial charge in [0, 0.05) is 6.07 Å². The SMILES string of the molecule is COc1cc(I)c(OC(F)F)c(OC)c1. The Balaban J connectivity index is 3.12. The minimum atomic E-state index is -2.87. The first-order chi connectivity index (χ1) is 7.08. The maximum atomic E-state index is 12.1. The largest absolute Gasteiger partial charge is 0.497 e. The van der Waals surface area contributed by atoms with Gasteiger partial charge in [0.05, 0.1) is 17.8 Å². The summed E-state index contributed by atoms with van der Waals surface area (Å²) in [6.07, 6.45) is 0. The fraction of sp³-hybridized carbons (Fsp3) is 0.333. The van der Waals surface area contributed by atoms with Crippen molar-refractivity contribution in [3.8, 4) is 17.2 Å². The molecule has 0 aromatic heterocycles. The zero-order valence-electron chi connectivity index (χ0n) is 8.09. The van der Waals surface area contributed by atoms with Gasteiger partial charge in [-0.15, -0.1) is 0 Å². The van der Waals surface area contributed by atoms with E-state index in [2.05, 4.69) is 4.74 Å². The summed E-state index contributed by atoms with van der Waals surface area (Å²) in [5.41, 5.74) is 0. The van der Waals surface area contributed by atoms with E-state index in [4.69, 9.17) is 9.47 Å². The Morgan fingerprint density at radius 3 is 2.33 bits per heavy atom. The molecule has 0 heterocycles. The van der Waals surface area contributed by atoms with Crippen LogP contribution in [-0.4, -0.2) is 20.8 Å². The molecule has 0 spiro atoms. The number of alkyl halides is 2. The van der Waals surface area contributed by atoms with Crippen LogP contribution in [0.2, 0.25) is 0 Å². The van der Waals surface area contributed by atoms with E-state index in [1.165, 1.54) is 20.3 Å². The van der Waals surface area contributed by atoms with E-state index in [1.54, 1.807) is 6.07 Å². The Morgan fingerprint density at radius 1 is 1.20 bits per heavy atom. The van der Waals surface area contributed by atoms with Crippen LogP contribution in [-0.2, 0) is 0 Å². The third-order valence-electron chi connectivity index (χ3n) is 1.65. The Labute approximate surface area is 99.5 Å². The molecule has 0 saturated carbocycles.